The molecule has 2 atom stereocenters. The first-order valence-electron chi connectivity index (χ1n) is 10.2. The van der Waals surface area contributed by atoms with Crippen LogP contribution in [0.3, 0.4) is 0 Å². The summed E-state index contributed by atoms with van der Waals surface area (Å²) < 4.78 is 11.1. The highest BCUT2D eigenvalue weighted by molar-refractivity contribution is 5.83. The Morgan fingerprint density at radius 2 is 1.97 bits per heavy atom. The van der Waals surface area contributed by atoms with E-state index in [2.05, 4.69) is 46.4 Å². The van der Waals surface area contributed by atoms with Gasteiger partial charge in [0.2, 0.25) is 0 Å². The van der Waals surface area contributed by atoms with Crippen LogP contribution in [0, 0.1) is 0 Å². The minimum atomic E-state index is -0.121. The maximum atomic E-state index is 11.6. The summed E-state index contributed by atoms with van der Waals surface area (Å²) in [5, 5.41) is 1.27. The molecule has 2 aromatic carbocycles. The molecular weight excluding hydrogens is 364 g/mol. The van der Waals surface area contributed by atoms with Crippen molar-refractivity contribution in [3.05, 3.63) is 59.3 Å². The Balaban J connectivity index is 1.68. The lowest BCUT2D eigenvalue weighted by Gasteiger charge is -2.40. The molecule has 0 saturated carbocycles. The van der Waals surface area contributed by atoms with Gasteiger partial charge in [-0.3, -0.25) is 4.90 Å². The summed E-state index contributed by atoms with van der Waals surface area (Å²) in [6.45, 7) is 2.85. The largest absolute Gasteiger partial charge is 0.493 e. The Bertz CT molecular complexity index is 1010. The zero-order valence-electron chi connectivity index (χ0n) is 17.3. The molecule has 4 rings (SSSR count). The van der Waals surface area contributed by atoms with Crippen molar-refractivity contribution in [2.45, 2.75) is 38.3 Å². The van der Waals surface area contributed by atoms with Crippen LogP contribution >= 0.6 is 0 Å². The molecule has 1 N–H and O–H groups in total. The van der Waals surface area contributed by atoms with Gasteiger partial charge in [0.25, 0.3) is 0 Å². The number of para-hydroxylation sites is 1. The molecule has 3 aromatic rings. The summed E-state index contributed by atoms with van der Waals surface area (Å²) in [6.07, 6.45) is 5.92. The van der Waals surface area contributed by atoms with Crippen LogP contribution in [-0.2, 0) is 17.6 Å². The second-order valence-corrected chi connectivity index (χ2v) is 7.68. The van der Waals surface area contributed by atoms with E-state index in [0.717, 1.165) is 49.1 Å². The third kappa shape index (κ3) is 3.62. The number of fused-ring (bicyclic) bond motifs is 2. The number of hydrogen-bond donors (Lipinski definition) is 1. The number of aldehydes is 1. The number of ether oxygens (including phenoxy) is 2. The monoisotopic (exact) mass is 392 g/mol. The highest BCUT2D eigenvalue weighted by Crippen LogP contribution is 2.40. The van der Waals surface area contributed by atoms with Crippen molar-refractivity contribution in [1.82, 2.24) is 9.88 Å². The van der Waals surface area contributed by atoms with Gasteiger partial charge in [-0.25, -0.2) is 0 Å². The fourth-order valence-electron chi connectivity index (χ4n) is 4.57. The van der Waals surface area contributed by atoms with Gasteiger partial charge in [-0.2, -0.15) is 0 Å². The maximum absolute atomic E-state index is 11.6. The fourth-order valence-corrected chi connectivity index (χ4v) is 4.57. The summed E-state index contributed by atoms with van der Waals surface area (Å²) in [5.41, 5.74) is 4.99. The first-order chi connectivity index (χ1) is 14.2. The van der Waals surface area contributed by atoms with Gasteiger partial charge in [0.15, 0.2) is 11.5 Å². The Kier molecular flexibility index (Phi) is 5.58. The Labute approximate surface area is 171 Å². The zero-order valence-corrected chi connectivity index (χ0v) is 17.3. The smallest absolute Gasteiger partial charge is 0.161 e. The summed E-state index contributed by atoms with van der Waals surface area (Å²) in [5.74, 6) is 1.50. The van der Waals surface area contributed by atoms with Crippen LogP contribution in [-0.4, -0.2) is 43.0 Å². The van der Waals surface area contributed by atoms with Gasteiger partial charge in [0.05, 0.1) is 20.3 Å². The van der Waals surface area contributed by atoms with Gasteiger partial charge >= 0.3 is 0 Å². The number of aryl methyl sites for hydroxylation is 1. The molecule has 0 saturated heterocycles. The van der Waals surface area contributed by atoms with Crippen LogP contribution < -0.4 is 9.47 Å². The highest BCUT2D eigenvalue weighted by Gasteiger charge is 2.31. The first-order valence-corrected chi connectivity index (χ1v) is 10.2. The standard InChI is InChI=1S/C24H28N2O3/c1-16(15-27)26-11-10-17-12-23(28-2)24(29-3)13-20(17)22(26)9-8-18-14-25-21-7-5-4-6-19(18)21/h4-7,12-16,22,25H,8-11H2,1-3H3/t16-,22?/m1/s1. The van der Waals surface area contributed by atoms with Crippen LogP contribution in [0.15, 0.2) is 42.6 Å². The van der Waals surface area contributed by atoms with E-state index in [1.54, 1.807) is 14.2 Å². The third-order valence-electron chi connectivity index (χ3n) is 6.13. The van der Waals surface area contributed by atoms with Crippen LogP contribution in [0.2, 0.25) is 0 Å². The van der Waals surface area contributed by atoms with Gasteiger partial charge in [0.1, 0.15) is 6.29 Å². The minimum Gasteiger partial charge on any atom is -0.493 e. The molecule has 0 fully saturated rings. The van der Waals surface area contributed by atoms with Gasteiger partial charge < -0.3 is 19.3 Å². The number of nitrogens with zero attached hydrogens (tertiary/aromatic N) is 1. The van der Waals surface area contributed by atoms with Gasteiger partial charge in [-0.1, -0.05) is 18.2 Å². The molecule has 29 heavy (non-hydrogen) atoms. The summed E-state index contributed by atoms with van der Waals surface area (Å²) in [4.78, 5) is 17.3. The van der Waals surface area contributed by atoms with Gasteiger partial charge in [-0.05, 0) is 61.1 Å². The number of methoxy groups -OCH3 is 2. The molecular formula is C24H28N2O3. The molecule has 1 aliphatic rings. The molecule has 152 valence electrons. The number of aromatic amines is 1. The molecule has 0 radical (unpaired) electrons. The number of carbonyl (C=O) groups is 1. The van der Waals surface area contributed by atoms with Crippen molar-refractivity contribution in [2.75, 3.05) is 20.8 Å². The molecule has 0 spiro atoms. The van der Waals surface area contributed by atoms with Crippen molar-refractivity contribution in [1.29, 1.82) is 0 Å². The van der Waals surface area contributed by atoms with E-state index < -0.39 is 0 Å². The lowest BCUT2D eigenvalue weighted by Crippen LogP contribution is -2.42. The Hall–Kier alpha value is -2.79. The Morgan fingerprint density at radius 3 is 2.72 bits per heavy atom. The van der Waals surface area contributed by atoms with Crippen LogP contribution in [0.25, 0.3) is 10.9 Å². The lowest BCUT2D eigenvalue weighted by molar-refractivity contribution is -0.113. The number of aromatic nitrogens is 1. The van der Waals surface area contributed by atoms with E-state index >= 15 is 0 Å². The van der Waals surface area contributed by atoms with E-state index in [0.29, 0.717) is 0 Å². The lowest BCUT2D eigenvalue weighted by atomic mass is 9.87. The third-order valence-corrected chi connectivity index (χ3v) is 6.13. The van der Waals surface area contributed by atoms with Crippen molar-refractivity contribution in [3.63, 3.8) is 0 Å². The number of rotatable bonds is 7. The average molecular weight is 392 g/mol. The molecule has 0 bridgehead atoms. The second-order valence-electron chi connectivity index (χ2n) is 7.68. The van der Waals surface area contributed by atoms with Crippen molar-refractivity contribution in [2.24, 2.45) is 0 Å². The number of carbonyl (C=O) groups excluding carboxylic acids is 1. The zero-order chi connectivity index (χ0) is 20.4. The van der Waals surface area contributed by atoms with E-state index in [-0.39, 0.29) is 12.1 Å². The van der Waals surface area contributed by atoms with E-state index in [4.69, 9.17) is 9.47 Å². The molecule has 0 amide bonds. The Morgan fingerprint density at radius 1 is 1.21 bits per heavy atom. The van der Waals surface area contributed by atoms with Crippen LogP contribution in [0.5, 0.6) is 11.5 Å². The number of nitrogens with one attached hydrogen (secondary N) is 1. The maximum Gasteiger partial charge on any atom is 0.161 e. The average Bonchev–Trinajstić information content (AvgIpc) is 3.18. The summed E-state index contributed by atoms with van der Waals surface area (Å²) in [6, 6.07) is 12.6. The van der Waals surface area contributed by atoms with Crippen LogP contribution in [0.4, 0.5) is 0 Å². The second kappa shape index (κ2) is 8.29. The first kappa shape index (κ1) is 19.5. The molecule has 1 aliphatic heterocycles. The van der Waals surface area contributed by atoms with Gasteiger partial charge in [0, 0.05) is 29.7 Å². The van der Waals surface area contributed by atoms with Gasteiger partial charge in [-0.15, -0.1) is 0 Å². The SMILES string of the molecule is COc1cc2c(cc1OC)C(CCc1c[nH]c3ccccc13)N([C@H](C)C=O)CC2. The molecule has 2 heterocycles. The van der Waals surface area contributed by atoms with Crippen molar-refractivity contribution in [3.8, 4) is 11.5 Å². The molecule has 5 heteroatoms. The minimum absolute atomic E-state index is 0.121. The molecule has 0 aliphatic carbocycles. The molecule has 1 aromatic heterocycles. The van der Waals surface area contributed by atoms with E-state index in [1.807, 2.05) is 13.0 Å². The number of H-pyrrole nitrogens is 1. The highest BCUT2D eigenvalue weighted by atomic mass is 16.5. The predicted molar refractivity (Wildman–Crippen MR) is 115 cm³/mol. The predicted octanol–water partition coefficient (Wildman–Crippen LogP) is 4.30. The number of hydrogen-bond acceptors (Lipinski definition) is 4. The topological polar surface area (TPSA) is 54.6 Å². The summed E-state index contributed by atoms with van der Waals surface area (Å²) in [7, 11) is 3.34. The molecule has 5 nitrogen and oxygen atoms in total. The number of benzene rings is 2. The van der Waals surface area contributed by atoms with E-state index in [9.17, 15) is 4.79 Å². The normalized spacial score (nSPS) is 17.7. The quantitative estimate of drug-likeness (QED) is 0.609. The van der Waals surface area contributed by atoms with E-state index in [1.165, 1.54) is 22.1 Å². The molecule has 1 unspecified atom stereocenters. The van der Waals surface area contributed by atoms with Crippen molar-refractivity contribution >= 4 is 17.2 Å². The summed E-state index contributed by atoms with van der Waals surface area (Å²) >= 11 is 0. The van der Waals surface area contributed by atoms with Crippen molar-refractivity contribution < 1.29 is 14.3 Å². The van der Waals surface area contributed by atoms with Crippen LogP contribution in [0.1, 0.15) is 36.1 Å². The fraction of sp³-hybridized carbons (Fsp3) is 0.375.